The van der Waals surface area contributed by atoms with E-state index >= 15 is 0 Å². The first-order valence-corrected chi connectivity index (χ1v) is 7.38. The molecule has 2 atom stereocenters. The predicted molar refractivity (Wildman–Crippen MR) is 75.3 cm³/mol. The predicted octanol–water partition coefficient (Wildman–Crippen LogP) is -0.0159. The summed E-state index contributed by atoms with van der Waals surface area (Å²) in [6.07, 6.45) is 2.28. The van der Waals surface area contributed by atoms with Gasteiger partial charge in [-0.05, 0) is 39.0 Å². The number of imide groups is 1. The molecule has 0 aromatic rings. The van der Waals surface area contributed by atoms with Crippen molar-refractivity contribution in [2.75, 3.05) is 13.1 Å². The zero-order chi connectivity index (χ0) is 15.6. The van der Waals surface area contributed by atoms with E-state index in [-0.39, 0.29) is 30.9 Å². The molecule has 1 aliphatic carbocycles. The molecule has 3 N–H and O–H groups in total. The Labute approximate surface area is 124 Å². The van der Waals surface area contributed by atoms with Crippen molar-refractivity contribution in [3.05, 3.63) is 0 Å². The van der Waals surface area contributed by atoms with E-state index in [4.69, 9.17) is 0 Å². The standard InChI is InChI=1S/C14H23N3O4/c1-14(2)12(20)17(13(21)16-14)6-5-11(19)15-8-9-3-4-10(18)7-9/h9-10,18H,3-8H2,1-2H3,(H,15,19)(H,16,21). The van der Waals surface area contributed by atoms with Gasteiger partial charge >= 0.3 is 6.03 Å². The quantitative estimate of drug-likeness (QED) is 0.621. The van der Waals surface area contributed by atoms with E-state index in [1.807, 2.05) is 0 Å². The summed E-state index contributed by atoms with van der Waals surface area (Å²) in [4.78, 5) is 36.4. The lowest BCUT2D eigenvalue weighted by Crippen LogP contribution is -2.40. The van der Waals surface area contributed by atoms with Gasteiger partial charge in [-0.3, -0.25) is 14.5 Å². The van der Waals surface area contributed by atoms with Gasteiger partial charge in [-0.2, -0.15) is 0 Å². The molecule has 2 rings (SSSR count). The van der Waals surface area contributed by atoms with Crippen LogP contribution in [0.25, 0.3) is 0 Å². The number of aliphatic hydroxyl groups excluding tert-OH is 1. The Morgan fingerprint density at radius 3 is 2.67 bits per heavy atom. The molecule has 0 bridgehead atoms. The molecule has 1 aliphatic heterocycles. The van der Waals surface area contributed by atoms with Crippen LogP contribution in [0.4, 0.5) is 4.79 Å². The maximum absolute atomic E-state index is 11.9. The maximum atomic E-state index is 11.9. The number of hydrogen-bond acceptors (Lipinski definition) is 4. The molecule has 7 heteroatoms. The van der Waals surface area contributed by atoms with Gasteiger partial charge in [0, 0.05) is 19.5 Å². The van der Waals surface area contributed by atoms with Crippen molar-refractivity contribution >= 4 is 17.8 Å². The van der Waals surface area contributed by atoms with Crippen LogP contribution in [0.2, 0.25) is 0 Å². The normalized spacial score (nSPS) is 27.9. The lowest BCUT2D eigenvalue weighted by molar-refractivity contribution is -0.130. The average molecular weight is 297 g/mol. The Kier molecular flexibility index (Phi) is 4.51. The number of carbonyl (C=O) groups excluding carboxylic acids is 3. The first kappa shape index (κ1) is 15.8. The molecule has 0 aromatic carbocycles. The number of aliphatic hydroxyl groups is 1. The second kappa shape index (κ2) is 6.01. The fourth-order valence-corrected chi connectivity index (χ4v) is 2.81. The van der Waals surface area contributed by atoms with Crippen LogP contribution >= 0.6 is 0 Å². The highest BCUT2D eigenvalue weighted by atomic mass is 16.3. The van der Waals surface area contributed by atoms with Crippen molar-refractivity contribution in [2.24, 2.45) is 5.92 Å². The van der Waals surface area contributed by atoms with E-state index in [2.05, 4.69) is 10.6 Å². The number of urea groups is 1. The largest absolute Gasteiger partial charge is 0.393 e. The van der Waals surface area contributed by atoms with Gasteiger partial charge in [0.05, 0.1) is 6.10 Å². The molecule has 21 heavy (non-hydrogen) atoms. The summed E-state index contributed by atoms with van der Waals surface area (Å²) in [5.74, 6) is -0.166. The topological polar surface area (TPSA) is 98.7 Å². The highest BCUT2D eigenvalue weighted by Gasteiger charge is 2.43. The monoisotopic (exact) mass is 297 g/mol. The lowest BCUT2D eigenvalue weighted by Gasteiger charge is -2.16. The van der Waals surface area contributed by atoms with E-state index in [1.54, 1.807) is 13.8 Å². The van der Waals surface area contributed by atoms with Gasteiger partial charge in [0.2, 0.25) is 5.91 Å². The average Bonchev–Trinajstić information content (AvgIpc) is 2.88. The minimum Gasteiger partial charge on any atom is -0.393 e. The number of hydrogen-bond donors (Lipinski definition) is 3. The third-order valence-corrected chi connectivity index (χ3v) is 4.11. The smallest absolute Gasteiger partial charge is 0.325 e. The summed E-state index contributed by atoms with van der Waals surface area (Å²) >= 11 is 0. The van der Waals surface area contributed by atoms with Gasteiger partial charge in [-0.15, -0.1) is 0 Å². The zero-order valence-corrected chi connectivity index (χ0v) is 12.5. The van der Waals surface area contributed by atoms with Crippen molar-refractivity contribution in [1.29, 1.82) is 0 Å². The molecule has 0 aromatic heterocycles. The van der Waals surface area contributed by atoms with Crippen molar-refractivity contribution in [1.82, 2.24) is 15.5 Å². The molecule has 2 unspecified atom stereocenters. The van der Waals surface area contributed by atoms with Gasteiger partial charge in [0.15, 0.2) is 0 Å². The van der Waals surface area contributed by atoms with Crippen LogP contribution in [0, 0.1) is 5.92 Å². The highest BCUT2D eigenvalue weighted by molar-refractivity contribution is 6.06. The van der Waals surface area contributed by atoms with Crippen molar-refractivity contribution in [3.63, 3.8) is 0 Å². The van der Waals surface area contributed by atoms with Crippen LogP contribution in [0.15, 0.2) is 0 Å². The maximum Gasteiger partial charge on any atom is 0.325 e. The second-order valence-corrected chi connectivity index (χ2v) is 6.40. The molecular formula is C14H23N3O4. The number of amides is 4. The van der Waals surface area contributed by atoms with Crippen LogP contribution in [0.1, 0.15) is 39.5 Å². The zero-order valence-electron chi connectivity index (χ0n) is 12.5. The van der Waals surface area contributed by atoms with Crippen molar-refractivity contribution in [2.45, 2.75) is 51.2 Å². The summed E-state index contributed by atoms with van der Waals surface area (Å²) in [5.41, 5.74) is -0.895. The summed E-state index contributed by atoms with van der Waals surface area (Å²) < 4.78 is 0. The molecule has 7 nitrogen and oxygen atoms in total. The van der Waals surface area contributed by atoms with Gasteiger partial charge in [-0.1, -0.05) is 0 Å². The Morgan fingerprint density at radius 1 is 1.43 bits per heavy atom. The lowest BCUT2D eigenvalue weighted by atomic mass is 10.1. The van der Waals surface area contributed by atoms with E-state index in [9.17, 15) is 19.5 Å². The summed E-state index contributed by atoms with van der Waals surface area (Å²) in [6.45, 7) is 3.91. The fourth-order valence-electron chi connectivity index (χ4n) is 2.81. The molecule has 0 spiro atoms. The van der Waals surface area contributed by atoms with Crippen LogP contribution in [0.3, 0.4) is 0 Å². The first-order chi connectivity index (χ1) is 9.79. The van der Waals surface area contributed by atoms with Crippen LogP contribution in [-0.2, 0) is 9.59 Å². The SMILES string of the molecule is CC1(C)NC(=O)N(CCC(=O)NCC2CCC(O)C2)C1=O. The molecule has 0 radical (unpaired) electrons. The Hall–Kier alpha value is -1.63. The van der Waals surface area contributed by atoms with Crippen LogP contribution in [-0.4, -0.2) is 52.6 Å². The molecule has 118 valence electrons. The Morgan fingerprint density at radius 2 is 2.14 bits per heavy atom. The summed E-state index contributed by atoms with van der Waals surface area (Å²) in [6, 6.07) is -0.447. The molecule has 1 saturated carbocycles. The Balaban J connectivity index is 1.72. The van der Waals surface area contributed by atoms with E-state index < -0.39 is 11.6 Å². The van der Waals surface area contributed by atoms with Crippen molar-refractivity contribution in [3.8, 4) is 0 Å². The number of rotatable bonds is 5. The van der Waals surface area contributed by atoms with Crippen LogP contribution in [0.5, 0.6) is 0 Å². The fraction of sp³-hybridized carbons (Fsp3) is 0.786. The van der Waals surface area contributed by atoms with E-state index in [0.717, 1.165) is 24.2 Å². The van der Waals surface area contributed by atoms with Crippen LogP contribution < -0.4 is 10.6 Å². The molecule has 4 amide bonds. The summed E-state index contributed by atoms with van der Waals surface area (Å²) in [7, 11) is 0. The number of carbonyl (C=O) groups is 3. The molecule has 1 heterocycles. The second-order valence-electron chi connectivity index (χ2n) is 6.40. The van der Waals surface area contributed by atoms with Gasteiger partial charge in [-0.25, -0.2) is 4.79 Å². The summed E-state index contributed by atoms with van der Waals surface area (Å²) in [5, 5.41) is 14.8. The van der Waals surface area contributed by atoms with E-state index in [0.29, 0.717) is 12.5 Å². The molecule has 2 fully saturated rings. The molecule has 1 saturated heterocycles. The third kappa shape index (κ3) is 3.72. The van der Waals surface area contributed by atoms with Gasteiger partial charge in [0.1, 0.15) is 5.54 Å². The number of nitrogens with one attached hydrogen (secondary N) is 2. The molecule has 2 aliphatic rings. The first-order valence-electron chi connectivity index (χ1n) is 7.38. The highest BCUT2D eigenvalue weighted by Crippen LogP contribution is 2.24. The van der Waals surface area contributed by atoms with Gasteiger partial charge < -0.3 is 15.7 Å². The Bertz CT molecular complexity index is 450. The van der Waals surface area contributed by atoms with Gasteiger partial charge in [0.25, 0.3) is 5.91 Å². The minimum atomic E-state index is -0.895. The van der Waals surface area contributed by atoms with E-state index in [1.165, 1.54) is 0 Å². The van der Waals surface area contributed by atoms with Crippen molar-refractivity contribution < 1.29 is 19.5 Å². The number of nitrogens with zero attached hydrogens (tertiary/aromatic N) is 1. The minimum absolute atomic E-state index is 0.0905. The third-order valence-electron chi connectivity index (χ3n) is 4.11. The molecular weight excluding hydrogens is 274 g/mol.